The van der Waals surface area contributed by atoms with E-state index in [-0.39, 0.29) is 17.8 Å². The molecule has 0 aliphatic rings. The highest BCUT2D eigenvalue weighted by molar-refractivity contribution is 7.99. The first-order valence-electron chi connectivity index (χ1n) is 9.94. The number of amides is 1. The summed E-state index contributed by atoms with van der Waals surface area (Å²) in [7, 11) is 1.54. The average molecular weight is 495 g/mol. The van der Waals surface area contributed by atoms with Gasteiger partial charge in [-0.2, -0.15) is 0 Å². The summed E-state index contributed by atoms with van der Waals surface area (Å²) in [4.78, 5) is 12.5. The van der Waals surface area contributed by atoms with Crippen LogP contribution in [0.4, 0.5) is 5.69 Å². The molecule has 0 bridgehead atoms. The molecule has 1 heterocycles. The Balaban J connectivity index is 1.66. The molecule has 170 valence electrons. The Hall–Kier alpha value is -2.42. The number of aromatic nitrogens is 3. The first-order chi connectivity index (χ1) is 15.3. The Morgan fingerprint density at radius 3 is 2.69 bits per heavy atom. The van der Waals surface area contributed by atoms with Gasteiger partial charge in [0.25, 0.3) is 0 Å². The molecule has 0 aliphatic carbocycles. The van der Waals surface area contributed by atoms with Gasteiger partial charge in [-0.05, 0) is 62.7 Å². The van der Waals surface area contributed by atoms with Gasteiger partial charge in [-0.15, -0.1) is 10.2 Å². The van der Waals surface area contributed by atoms with Crippen LogP contribution in [-0.2, 0) is 11.3 Å². The number of hydrogen-bond donors (Lipinski definition) is 1. The van der Waals surface area contributed by atoms with E-state index in [0.29, 0.717) is 44.8 Å². The predicted molar refractivity (Wildman–Crippen MR) is 128 cm³/mol. The number of nitrogens with one attached hydrogen (secondary N) is 1. The summed E-state index contributed by atoms with van der Waals surface area (Å²) < 4.78 is 13.2. The van der Waals surface area contributed by atoms with E-state index in [1.54, 1.807) is 24.3 Å². The van der Waals surface area contributed by atoms with Gasteiger partial charge in [0.1, 0.15) is 11.5 Å². The van der Waals surface area contributed by atoms with Crippen molar-refractivity contribution in [1.29, 1.82) is 0 Å². The second-order valence-corrected chi connectivity index (χ2v) is 8.72. The van der Waals surface area contributed by atoms with Gasteiger partial charge < -0.3 is 19.4 Å². The monoisotopic (exact) mass is 494 g/mol. The highest BCUT2D eigenvalue weighted by atomic mass is 35.5. The Kier molecular flexibility index (Phi) is 8.28. The highest BCUT2D eigenvalue weighted by Crippen LogP contribution is 2.29. The van der Waals surface area contributed by atoms with Crippen molar-refractivity contribution in [2.45, 2.75) is 38.6 Å². The molecule has 0 radical (unpaired) electrons. The molecule has 3 aromatic rings. The van der Waals surface area contributed by atoms with E-state index in [2.05, 4.69) is 15.5 Å². The summed E-state index contributed by atoms with van der Waals surface area (Å²) in [6.45, 7) is 6.47. The van der Waals surface area contributed by atoms with E-state index in [1.165, 1.54) is 18.9 Å². The molecule has 1 amide bonds. The van der Waals surface area contributed by atoms with Crippen LogP contribution in [0.15, 0.2) is 41.6 Å². The number of hydrogen-bond acceptors (Lipinski definition) is 6. The van der Waals surface area contributed by atoms with E-state index >= 15 is 0 Å². The summed E-state index contributed by atoms with van der Waals surface area (Å²) in [5.74, 6) is 1.87. The summed E-state index contributed by atoms with van der Waals surface area (Å²) in [6, 6.07) is 10.6. The molecule has 0 saturated carbocycles. The van der Waals surface area contributed by atoms with Crippen LogP contribution in [0.2, 0.25) is 10.0 Å². The molecule has 2 aromatic carbocycles. The third kappa shape index (κ3) is 5.88. The summed E-state index contributed by atoms with van der Waals surface area (Å²) in [6.07, 6.45) is -0.332. The topological polar surface area (TPSA) is 78.3 Å². The SMILES string of the molecule is CCn1c(SCC(=O)Nc2cc(Cl)ccc2OC)nnc1C(C)Oc1ccc(Cl)c(C)c1. The molecular weight excluding hydrogens is 471 g/mol. The maximum atomic E-state index is 12.5. The number of thioether (sulfide) groups is 1. The van der Waals surface area contributed by atoms with Gasteiger partial charge in [0.15, 0.2) is 17.1 Å². The van der Waals surface area contributed by atoms with Crippen LogP contribution in [0.3, 0.4) is 0 Å². The minimum Gasteiger partial charge on any atom is -0.495 e. The lowest BCUT2D eigenvalue weighted by Crippen LogP contribution is -2.16. The Morgan fingerprint density at radius 2 is 2.00 bits per heavy atom. The van der Waals surface area contributed by atoms with E-state index in [9.17, 15) is 4.79 Å². The minimum atomic E-state index is -0.332. The molecule has 1 N–H and O–H groups in total. The largest absolute Gasteiger partial charge is 0.495 e. The van der Waals surface area contributed by atoms with Crippen molar-refractivity contribution in [3.63, 3.8) is 0 Å². The predicted octanol–water partition coefficient (Wildman–Crippen LogP) is 5.79. The molecule has 1 aromatic heterocycles. The number of benzene rings is 2. The number of rotatable bonds is 9. The first-order valence-corrected chi connectivity index (χ1v) is 11.7. The van der Waals surface area contributed by atoms with Crippen molar-refractivity contribution in [3.05, 3.63) is 57.8 Å². The second-order valence-electron chi connectivity index (χ2n) is 6.94. The Bertz CT molecular complexity index is 1110. The lowest BCUT2D eigenvalue weighted by atomic mass is 10.2. The third-order valence-corrected chi connectivity index (χ3v) is 6.26. The first kappa shape index (κ1) is 24.2. The van der Waals surface area contributed by atoms with Gasteiger partial charge in [0, 0.05) is 16.6 Å². The molecule has 1 atom stereocenters. The van der Waals surface area contributed by atoms with E-state index in [4.69, 9.17) is 32.7 Å². The lowest BCUT2D eigenvalue weighted by molar-refractivity contribution is -0.113. The van der Waals surface area contributed by atoms with Gasteiger partial charge >= 0.3 is 0 Å². The fourth-order valence-corrected chi connectivity index (χ4v) is 4.15. The van der Waals surface area contributed by atoms with Crippen LogP contribution < -0.4 is 14.8 Å². The molecule has 0 fully saturated rings. The van der Waals surface area contributed by atoms with Crippen LogP contribution in [-0.4, -0.2) is 33.5 Å². The van der Waals surface area contributed by atoms with Gasteiger partial charge in [-0.25, -0.2) is 0 Å². The maximum absolute atomic E-state index is 12.5. The quantitative estimate of drug-likeness (QED) is 0.379. The zero-order chi connectivity index (χ0) is 23.3. The molecule has 1 unspecified atom stereocenters. The lowest BCUT2D eigenvalue weighted by Gasteiger charge is -2.16. The number of anilines is 1. The number of aryl methyl sites for hydroxylation is 1. The van der Waals surface area contributed by atoms with Crippen LogP contribution in [0, 0.1) is 6.92 Å². The molecule has 0 saturated heterocycles. The van der Waals surface area contributed by atoms with Crippen LogP contribution >= 0.6 is 35.0 Å². The van der Waals surface area contributed by atoms with Crippen molar-refractivity contribution in [1.82, 2.24) is 14.8 Å². The molecule has 10 heteroatoms. The van der Waals surface area contributed by atoms with E-state index in [0.717, 1.165) is 5.56 Å². The fraction of sp³-hybridized carbons (Fsp3) is 0.318. The second kappa shape index (κ2) is 10.9. The summed E-state index contributed by atoms with van der Waals surface area (Å²) in [5, 5.41) is 13.2. The molecule has 0 aliphatic heterocycles. The van der Waals surface area contributed by atoms with Crippen LogP contribution in [0.25, 0.3) is 0 Å². The van der Waals surface area contributed by atoms with Crippen molar-refractivity contribution in [2.75, 3.05) is 18.2 Å². The van der Waals surface area contributed by atoms with Gasteiger partial charge in [-0.3, -0.25) is 4.79 Å². The normalized spacial score (nSPS) is 11.8. The molecule has 0 spiro atoms. The number of carbonyl (C=O) groups excluding carboxylic acids is 1. The smallest absolute Gasteiger partial charge is 0.234 e. The zero-order valence-corrected chi connectivity index (χ0v) is 20.5. The number of methoxy groups -OCH3 is 1. The number of nitrogens with zero attached hydrogens (tertiary/aromatic N) is 3. The van der Waals surface area contributed by atoms with E-state index < -0.39 is 0 Å². The molecular formula is C22H24Cl2N4O3S. The number of halogens is 2. The van der Waals surface area contributed by atoms with Gasteiger partial charge in [0.05, 0.1) is 18.6 Å². The fourth-order valence-electron chi connectivity index (χ4n) is 3.05. The maximum Gasteiger partial charge on any atom is 0.234 e. The average Bonchev–Trinajstić information content (AvgIpc) is 3.18. The number of carbonyl (C=O) groups is 1. The standard InChI is InChI=1S/C22H24Cl2N4O3S/c1-5-28-21(14(3)31-16-7-8-17(24)13(2)10-16)26-27-22(28)32-12-20(29)25-18-11-15(23)6-9-19(18)30-4/h6-11,14H,5,12H2,1-4H3,(H,25,29). The Morgan fingerprint density at radius 1 is 1.22 bits per heavy atom. The molecule has 32 heavy (non-hydrogen) atoms. The zero-order valence-electron chi connectivity index (χ0n) is 18.2. The van der Waals surface area contributed by atoms with Crippen molar-refractivity contribution in [2.24, 2.45) is 0 Å². The summed E-state index contributed by atoms with van der Waals surface area (Å²) in [5.41, 5.74) is 1.45. The van der Waals surface area contributed by atoms with Crippen LogP contribution in [0.1, 0.15) is 31.3 Å². The number of ether oxygens (including phenoxy) is 2. The van der Waals surface area contributed by atoms with Crippen molar-refractivity contribution < 1.29 is 14.3 Å². The minimum absolute atomic E-state index is 0.152. The summed E-state index contributed by atoms with van der Waals surface area (Å²) >= 11 is 13.4. The van der Waals surface area contributed by atoms with Gasteiger partial charge in [-0.1, -0.05) is 35.0 Å². The molecule has 3 rings (SSSR count). The van der Waals surface area contributed by atoms with Crippen LogP contribution in [0.5, 0.6) is 11.5 Å². The van der Waals surface area contributed by atoms with Crippen molar-refractivity contribution in [3.8, 4) is 11.5 Å². The third-order valence-electron chi connectivity index (χ3n) is 4.64. The van der Waals surface area contributed by atoms with Crippen molar-refractivity contribution >= 4 is 46.6 Å². The Labute approximate surface area is 201 Å². The van der Waals surface area contributed by atoms with E-state index in [1.807, 2.05) is 37.5 Å². The highest BCUT2D eigenvalue weighted by Gasteiger charge is 2.20. The van der Waals surface area contributed by atoms with Gasteiger partial charge in [0.2, 0.25) is 5.91 Å². The molecule has 7 nitrogen and oxygen atoms in total.